The van der Waals surface area contributed by atoms with Gasteiger partial charge in [-0.15, -0.1) is 0 Å². The molecule has 0 atom stereocenters. The molecule has 0 aromatic heterocycles. The zero-order valence-electron chi connectivity index (χ0n) is 11.8. The molecule has 1 aliphatic carbocycles. The second-order valence-electron chi connectivity index (χ2n) is 6.23. The quantitative estimate of drug-likeness (QED) is 0.848. The second kappa shape index (κ2) is 5.14. The van der Waals surface area contributed by atoms with Gasteiger partial charge in [0.05, 0.1) is 6.61 Å². The Morgan fingerprint density at radius 3 is 2.95 bits per heavy atom. The highest BCUT2D eigenvalue weighted by atomic mass is 16.5. The predicted molar refractivity (Wildman–Crippen MR) is 77.6 cm³/mol. The Morgan fingerprint density at radius 2 is 2.21 bits per heavy atom. The maximum Gasteiger partial charge on any atom is 0.122 e. The zero-order chi connectivity index (χ0) is 13.3. The fourth-order valence-corrected chi connectivity index (χ4v) is 2.97. The summed E-state index contributed by atoms with van der Waals surface area (Å²) in [6.45, 7) is 3.95. The van der Waals surface area contributed by atoms with Crippen molar-refractivity contribution >= 4 is 0 Å². The molecule has 0 unspecified atom stereocenters. The van der Waals surface area contributed by atoms with Gasteiger partial charge in [-0.25, -0.2) is 0 Å². The molecule has 3 rings (SSSR count). The lowest BCUT2D eigenvalue weighted by Crippen LogP contribution is -2.32. The first-order chi connectivity index (χ1) is 9.21. The van der Waals surface area contributed by atoms with Gasteiger partial charge < -0.3 is 15.4 Å². The standard InChI is InChI=1S/C16H24N2O/c1-18(12-16(11-17)6-7-16)8-4-13-2-3-15-14(10-13)5-9-19-15/h2-3,10H,4-9,11-12,17H2,1H3. The van der Waals surface area contributed by atoms with Crippen LogP contribution < -0.4 is 10.5 Å². The van der Waals surface area contributed by atoms with Crippen molar-refractivity contribution in [2.45, 2.75) is 25.7 Å². The van der Waals surface area contributed by atoms with E-state index in [4.69, 9.17) is 10.5 Å². The van der Waals surface area contributed by atoms with E-state index in [-0.39, 0.29) is 0 Å². The van der Waals surface area contributed by atoms with Crippen LogP contribution >= 0.6 is 0 Å². The molecule has 2 aliphatic rings. The van der Waals surface area contributed by atoms with Crippen molar-refractivity contribution in [3.8, 4) is 5.75 Å². The molecule has 1 saturated carbocycles. The van der Waals surface area contributed by atoms with Gasteiger partial charge in [-0.05, 0) is 55.5 Å². The summed E-state index contributed by atoms with van der Waals surface area (Å²) < 4.78 is 5.54. The summed E-state index contributed by atoms with van der Waals surface area (Å²) in [5, 5.41) is 0. The van der Waals surface area contributed by atoms with Crippen LogP contribution in [0, 0.1) is 5.41 Å². The van der Waals surface area contributed by atoms with E-state index in [2.05, 4.69) is 30.1 Å². The summed E-state index contributed by atoms with van der Waals surface area (Å²) >= 11 is 0. The van der Waals surface area contributed by atoms with Crippen LogP contribution in [0.5, 0.6) is 5.75 Å². The van der Waals surface area contributed by atoms with Crippen LogP contribution in [0.3, 0.4) is 0 Å². The number of nitrogens with zero attached hydrogens (tertiary/aromatic N) is 1. The minimum atomic E-state index is 0.445. The van der Waals surface area contributed by atoms with Gasteiger partial charge in [-0.1, -0.05) is 12.1 Å². The number of hydrogen-bond donors (Lipinski definition) is 1. The molecular formula is C16H24N2O. The average Bonchev–Trinajstić information content (AvgIpc) is 3.03. The third kappa shape index (κ3) is 2.93. The van der Waals surface area contributed by atoms with E-state index >= 15 is 0 Å². The van der Waals surface area contributed by atoms with E-state index in [0.717, 1.165) is 44.8 Å². The number of ether oxygens (including phenoxy) is 1. The lowest BCUT2D eigenvalue weighted by molar-refractivity contribution is 0.269. The number of hydrogen-bond acceptors (Lipinski definition) is 3. The molecule has 0 saturated heterocycles. The van der Waals surface area contributed by atoms with Gasteiger partial charge in [0.15, 0.2) is 0 Å². The van der Waals surface area contributed by atoms with Crippen LogP contribution in [-0.4, -0.2) is 38.2 Å². The maximum absolute atomic E-state index is 5.85. The summed E-state index contributed by atoms with van der Waals surface area (Å²) in [6, 6.07) is 6.64. The lowest BCUT2D eigenvalue weighted by Gasteiger charge is -2.22. The van der Waals surface area contributed by atoms with Crippen molar-refractivity contribution in [3.05, 3.63) is 29.3 Å². The SMILES string of the molecule is CN(CCc1ccc2c(c1)CCO2)CC1(CN)CC1. The monoisotopic (exact) mass is 260 g/mol. The number of nitrogens with two attached hydrogens (primary N) is 1. The molecule has 104 valence electrons. The van der Waals surface area contributed by atoms with E-state index in [1.807, 2.05) is 0 Å². The number of benzene rings is 1. The molecule has 2 N–H and O–H groups in total. The van der Waals surface area contributed by atoms with Gasteiger partial charge in [0.2, 0.25) is 0 Å². The van der Waals surface area contributed by atoms with Crippen LogP contribution in [0.1, 0.15) is 24.0 Å². The number of likely N-dealkylation sites (N-methyl/N-ethyl adjacent to an activating group) is 1. The Kier molecular flexibility index (Phi) is 3.50. The van der Waals surface area contributed by atoms with Crippen molar-refractivity contribution in [3.63, 3.8) is 0 Å². The number of rotatable bonds is 6. The molecular weight excluding hydrogens is 236 g/mol. The Bertz CT molecular complexity index is 454. The third-order valence-corrected chi connectivity index (χ3v) is 4.53. The van der Waals surface area contributed by atoms with Crippen LogP contribution in [0.2, 0.25) is 0 Å². The summed E-state index contributed by atoms with van der Waals surface area (Å²) in [7, 11) is 2.21. The molecule has 0 amide bonds. The van der Waals surface area contributed by atoms with E-state index in [9.17, 15) is 0 Å². The van der Waals surface area contributed by atoms with Crippen LogP contribution in [0.25, 0.3) is 0 Å². The Hall–Kier alpha value is -1.06. The fraction of sp³-hybridized carbons (Fsp3) is 0.625. The zero-order valence-corrected chi connectivity index (χ0v) is 11.8. The molecule has 0 radical (unpaired) electrons. The first-order valence-corrected chi connectivity index (χ1v) is 7.34. The van der Waals surface area contributed by atoms with Crippen molar-refractivity contribution in [2.75, 3.05) is 33.3 Å². The predicted octanol–water partition coefficient (Wildman–Crippen LogP) is 1.83. The van der Waals surface area contributed by atoms with Crippen molar-refractivity contribution in [1.82, 2.24) is 4.90 Å². The minimum absolute atomic E-state index is 0.445. The molecule has 1 aromatic carbocycles. The van der Waals surface area contributed by atoms with E-state index in [0.29, 0.717) is 5.41 Å². The van der Waals surface area contributed by atoms with Gasteiger partial charge in [0.1, 0.15) is 5.75 Å². The fourth-order valence-electron chi connectivity index (χ4n) is 2.97. The van der Waals surface area contributed by atoms with Crippen molar-refractivity contribution < 1.29 is 4.74 Å². The highest BCUT2D eigenvalue weighted by molar-refractivity contribution is 5.39. The first-order valence-electron chi connectivity index (χ1n) is 7.34. The normalized spacial score (nSPS) is 19.3. The third-order valence-electron chi connectivity index (χ3n) is 4.53. The molecule has 3 nitrogen and oxygen atoms in total. The van der Waals surface area contributed by atoms with Gasteiger partial charge in [-0.2, -0.15) is 0 Å². The molecule has 1 fully saturated rings. The van der Waals surface area contributed by atoms with E-state index < -0.39 is 0 Å². The average molecular weight is 260 g/mol. The van der Waals surface area contributed by atoms with Gasteiger partial charge in [-0.3, -0.25) is 0 Å². The lowest BCUT2D eigenvalue weighted by atomic mass is 10.0. The number of fused-ring (bicyclic) bond motifs is 1. The summed E-state index contributed by atoms with van der Waals surface area (Å²) in [5.41, 5.74) is 9.09. The Morgan fingerprint density at radius 1 is 1.37 bits per heavy atom. The van der Waals surface area contributed by atoms with Gasteiger partial charge in [0.25, 0.3) is 0 Å². The molecule has 1 aromatic rings. The molecule has 1 heterocycles. The Labute approximate surface area is 115 Å². The van der Waals surface area contributed by atoms with Gasteiger partial charge >= 0.3 is 0 Å². The van der Waals surface area contributed by atoms with Crippen LogP contribution in [-0.2, 0) is 12.8 Å². The summed E-state index contributed by atoms with van der Waals surface area (Å²) in [6.07, 6.45) is 4.80. The summed E-state index contributed by atoms with van der Waals surface area (Å²) in [5.74, 6) is 1.08. The molecule has 3 heteroatoms. The Balaban J connectivity index is 1.51. The topological polar surface area (TPSA) is 38.5 Å². The molecule has 19 heavy (non-hydrogen) atoms. The first kappa shape index (κ1) is 12.9. The largest absolute Gasteiger partial charge is 0.493 e. The van der Waals surface area contributed by atoms with Crippen molar-refractivity contribution in [2.24, 2.45) is 11.1 Å². The van der Waals surface area contributed by atoms with Crippen molar-refractivity contribution in [1.29, 1.82) is 0 Å². The summed E-state index contributed by atoms with van der Waals surface area (Å²) in [4.78, 5) is 2.43. The molecule has 0 spiro atoms. The maximum atomic E-state index is 5.85. The molecule has 1 aliphatic heterocycles. The highest BCUT2D eigenvalue weighted by Gasteiger charge is 2.41. The van der Waals surface area contributed by atoms with E-state index in [1.165, 1.54) is 24.0 Å². The van der Waals surface area contributed by atoms with E-state index in [1.54, 1.807) is 0 Å². The van der Waals surface area contributed by atoms with Gasteiger partial charge in [0, 0.05) is 19.5 Å². The van der Waals surface area contributed by atoms with Crippen LogP contribution in [0.15, 0.2) is 18.2 Å². The minimum Gasteiger partial charge on any atom is -0.493 e. The van der Waals surface area contributed by atoms with Crippen LogP contribution in [0.4, 0.5) is 0 Å². The smallest absolute Gasteiger partial charge is 0.122 e. The highest BCUT2D eigenvalue weighted by Crippen LogP contribution is 2.44. The second-order valence-corrected chi connectivity index (χ2v) is 6.23. The molecule has 0 bridgehead atoms.